The van der Waals surface area contributed by atoms with E-state index in [1.807, 2.05) is 6.92 Å². The maximum absolute atomic E-state index is 13.7. The van der Waals surface area contributed by atoms with Crippen LogP contribution in [-0.4, -0.2) is 40.4 Å². The van der Waals surface area contributed by atoms with Crippen molar-refractivity contribution in [3.63, 3.8) is 0 Å². The van der Waals surface area contributed by atoms with Crippen LogP contribution in [0.2, 0.25) is 0 Å². The molecule has 178 valence electrons. The Labute approximate surface area is 191 Å². The molecule has 1 fully saturated rings. The van der Waals surface area contributed by atoms with E-state index < -0.39 is 23.6 Å². The largest absolute Gasteiger partial charge is 0.419 e. The zero-order valence-corrected chi connectivity index (χ0v) is 18.8. The van der Waals surface area contributed by atoms with E-state index >= 15 is 0 Å². The van der Waals surface area contributed by atoms with Gasteiger partial charge in [0.05, 0.1) is 11.6 Å². The molecule has 8 heteroatoms. The Kier molecular flexibility index (Phi) is 6.91. The molecule has 4 rings (SSSR count). The average Bonchev–Trinajstić information content (AvgIpc) is 3.14. The maximum atomic E-state index is 13.7. The number of nitrogens with zero attached hydrogens (tertiary/aromatic N) is 3. The summed E-state index contributed by atoms with van der Waals surface area (Å²) >= 11 is 0. The molecule has 1 aromatic heterocycles. The van der Waals surface area contributed by atoms with Gasteiger partial charge in [-0.1, -0.05) is 19.1 Å². The lowest BCUT2D eigenvalue weighted by Crippen LogP contribution is -2.35. The molecule has 0 saturated carbocycles. The number of urea groups is 1. The monoisotopic (exact) mass is 463 g/mol. The second-order valence-electron chi connectivity index (χ2n) is 8.84. The van der Waals surface area contributed by atoms with E-state index in [1.165, 1.54) is 30.2 Å². The molecule has 0 radical (unpaired) electrons. The van der Waals surface area contributed by atoms with Gasteiger partial charge in [-0.25, -0.2) is 9.18 Å². The standard InChI is InChI=1S/C25H29F4N3O/c1-2-23(18-10-12-21(26)20(16-18)25(27,28)29)32-15-14-31(24(32)33)13-5-7-19-11-9-17-6-3-4-8-22(17)30-19/h9-12,16,23H,2-8,13-15H2,1H3. The number of amides is 2. The number of fused-ring (bicyclic) bond motifs is 1. The first kappa shape index (κ1) is 23.5. The predicted molar refractivity (Wildman–Crippen MR) is 117 cm³/mol. The smallest absolute Gasteiger partial charge is 0.323 e. The number of rotatable bonds is 7. The van der Waals surface area contributed by atoms with Crippen molar-refractivity contribution in [1.29, 1.82) is 0 Å². The molecule has 0 bridgehead atoms. The molecule has 1 saturated heterocycles. The van der Waals surface area contributed by atoms with E-state index in [0.717, 1.165) is 43.5 Å². The third kappa shape index (κ3) is 5.14. The number of carbonyl (C=O) groups is 1. The Morgan fingerprint density at radius 1 is 1.09 bits per heavy atom. The Bertz CT molecular complexity index is 1010. The van der Waals surface area contributed by atoms with Crippen molar-refractivity contribution in [2.45, 2.75) is 64.1 Å². The van der Waals surface area contributed by atoms with E-state index in [4.69, 9.17) is 4.98 Å². The summed E-state index contributed by atoms with van der Waals surface area (Å²) in [4.78, 5) is 21.1. The fraction of sp³-hybridized carbons (Fsp3) is 0.520. The van der Waals surface area contributed by atoms with Gasteiger partial charge in [0, 0.05) is 31.0 Å². The van der Waals surface area contributed by atoms with Gasteiger partial charge < -0.3 is 9.80 Å². The summed E-state index contributed by atoms with van der Waals surface area (Å²) in [5, 5.41) is 0. The lowest BCUT2D eigenvalue weighted by Gasteiger charge is -2.28. The fourth-order valence-electron chi connectivity index (χ4n) is 4.92. The van der Waals surface area contributed by atoms with Crippen LogP contribution in [0.3, 0.4) is 0 Å². The van der Waals surface area contributed by atoms with Crippen molar-refractivity contribution < 1.29 is 22.4 Å². The minimum Gasteiger partial charge on any atom is -0.323 e. The number of hydrogen-bond donors (Lipinski definition) is 0. The summed E-state index contributed by atoms with van der Waals surface area (Å²) in [7, 11) is 0. The topological polar surface area (TPSA) is 36.4 Å². The molecular formula is C25H29F4N3O. The first-order valence-electron chi connectivity index (χ1n) is 11.7. The summed E-state index contributed by atoms with van der Waals surface area (Å²) < 4.78 is 53.2. The van der Waals surface area contributed by atoms with Crippen LogP contribution in [0.15, 0.2) is 30.3 Å². The van der Waals surface area contributed by atoms with Gasteiger partial charge in [-0.05, 0) is 74.3 Å². The third-order valence-electron chi connectivity index (χ3n) is 6.67. The van der Waals surface area contributed by atoms with Gasteiger partial charge in [0.2, 0.25) is 0 Å². The zero-order chi connectivity index (χ0) is 23.6. The van der Waals surface area contributed by atoms with Crippen molar-refractivity contribution in [2.24, 2.45) is 0 Å². The second-order valence-corrected chi connectivity index (χ2v) is 8.84. The van der Waals surface area contributed by atoms with Gasteiger partial charge in [0.15, 0.2) is 0 Å². The Morgan fingerprint density at radius 3 is 2.64 bits per heavy atom. The van der Waals surface area contributed by atoms with Crippen molar-refractivity contribution in [3.05, 3.63) is 64.2 Å². The number of hydrogen-bond acceptors (Lipinski definition) is 2. The molecule has 1 atom stereocenters. The summed E-state index contributed by atoms with van der Waals surface area (Å²) in [5.41, 5.74) is 2.59. The Morgan fingerprint density at radius 2 is 1.88 bits per heavy atom. The summed E-state index contributed by atoms with van der Waals surface area (Å²) in [6, 6.07) is 6.55. The molecule has 1 aliphatic carbocycles. The number of halogens is 4. The van der Waals surface area contributed by atoms with Crippen molar-refractivity contribution in [2.75, 3.05) is 19.6 Å². The average molecular weight is 464 g/mol. The highest BCUT2D eigenvalue weighted by Gasteiger charge is 2.37. The van der Waals surface area contributed by atoms with Crippen LogP contribution in [0.1, 0.15) is 66.7 Å². The summed E-state index contributed by atoms with van der Waals surface area (Å²) in [6.45, 7) is 3.36. The highest BCUT2D eigenvalue weighted by Crippen LogP contribution is 2.35. The van der Waals surface area contributed by atoms with Crippen LogP contribution >= 0.6 is 0 Å². The van der Waals surface area contributed by atoms with Crippen LogP contribution in [0.5, 0.6) is 0 Å². The van der Waals surface area contributed by atoms with Crippen molar-refractivity contribution in [1.82, 2.24) is 14.8 Å². The highest BCUT2D eigenvalue weighted by molar-refractivity contribution is 5.77. The van der Waals surface area contributed by atoms with Gasteiger partial charge in [0.1, 0.15) is 5.82 Å². The lowest BCUT2D eigenvalue weighted by molar-refractivity contribution is -0.140. The van der Waals surface area contributed by atoms with Crippen LogP contribution < -0.4 is 0 Å². The Hall–Kier alpha value is -2.64. The first-order valence-corrected chi connectivity index (χ1v) is 11.7. The van der Waals surface area contributed by atoms with Gasteiger partial charge >= 0.3 is 12.2 Å². The van der Waals surface area contributed by atoms with E-state index in [0.29, 0.717) is 31.6 Å². The normalized spacial score (nSPS) is 17.4. The maximum Gasteiger partial charge on any atom is 0.419 e. The lowest BCUT2D eigenvalue weighted by atomic mass is 9.95. The predicted octanol–water partition coefficient (Wildman–Crippen LogP) is 5.94. The van der Waals surface area contributed by atoms with E-state index in [9.17, 15) is 22.4 Å². The minimum absolute atomic E-state index is 0.182. The number of pyridine rings is 1. The van der Waals surface area contributed by atoms with Gasteiger partial charge in [-0.3, -0.25) is 4.98 Å². The number of carbonyl (C=O) groups excluding carboxylic acids is 1. The minimum atomic E-state index is -4.77. The van der Waals surface area contributed by atoms with Crippen LogP contribution in [0.25, 0.3) is 0 Å². The van der Waals surface area contributed by atoms with E-state index in [1.54, 1.807) is 9.80 Å². The first-order chi connectivity index (χ1) is 15.8. The van der Waals surface area contributed by atoms with Crippen LogP contribution in [-0.2, 0) is 25.4 Å². The molecule has 1 aromatic carbocycles. The van der Waals surface area contributed by atoms with Gasteiger partial charge in [-0.2, -0.15) is 13.2 Å². The Balaban J connectivity index is 1.38. The molecular weight excluding hydrogens is 434 g/mol. The number of benzene rings is 1. The molecule has 2 aromatic rings. The van der Waals surface area contributed by atoms with Crippen molar-refractivity contribution >= 4 is 6.03 Å². The number of alkyl halides is 3. The van der Waals surface area contributed by atoms with E-state index in [2.05, 4.69) is 12.1 Å². The van der Waals surface area contributed by atoms with Crippen LogP contribution in [0, 0.1) is 5.82 Å². The molecule has 0 N–H and O–H groups in total. The van der Waals surface area contributed by atoms with Gasteiger partial charge in [-0.15, -0.1) is 0 Å². The van der Waals surface area contributed by atoms with E-state index in [-0.39, 0.29) is 6.03 Å². The molecule has 2 aliphatic rings. The zero-order valence-electron chi connectivity index (χ0n) is 18.8. The molecule has 2 heterocycles. The third-order valence-corrected chi connectivity index (χ3v) is 6.67. The quantitative estimate of drug-likeness (QED) is 0.477. The summed E-state index contributed by atoms with van der Waals surface area (Å²) in [5.74, 6) is -1.30. The molecule has 1 aliphatic heterocycles. The molecule has 4 nitrogen and oxygen atoms in total. The fourth-order valence-corrected chi connectivity index (χ4v) is 4.92. The van der Waals surface area contributed by atoms with Crippen molar-refractivity contribution in [3.8, 4) is 0 Å². The summed E-state index contributed by atoms with van der Waals surface area (Å²) in [6.07, 6.45) is 1.75. The van der Waals surface area contributed by atoms with Gasteiger partial charge in [0.25, 0.3) is 0 Å². The number of aryl methyl sites for hydroxylation is 3. The van der Waals surface area contributed by atoms with Crippen LogP contribution in [0.4, 0.5) is 22.4 Å². The number of aromatic nitrogens is 1. The molecule has 2 amide bonds. The second kappa shape index (κ2) is 9.69. The highest BCUT2D eigenvalue weighted by atomic mass is 19.4. The molecule has 0 spiro atoms. The molecule has 33 heavy (non-hydrogen) atoms. The molecule has 1 unspecified atom stereocenters. The SMILES string of the molecule is CCC(c1ccc(F)c(C(F)(F)F)c1)N1CCN(CCCc2ccc3c(n2)CCCC3)C1=O.